The van der Waals surface area contributed by atoms with Gasteiger partial charge >= 0.3 is 5.97 Å². The summed E-state index contributed by atoms with van der Waals surface area (Å²) < 4.78 is 6.01. The van der Waals surface area contributed by atoms with Crippen molar-refractivity contribution in [3.05, 3.63) is 18.0 Å². The molecule has 7 nitrogen and oxygen atoms in total. The predicted molar refractivity (Wildman–Crippen MR) is 58.8 cm³/mol. The number of amides is 1. The second-order valence-electron chi connectivity index (χ2n) is 3.69. The number of aliphatic carboxylic acids is 1. The molecule has 0 aliphatic heterocycles. The normalized spacial score (nSPS) is 12.2. The number of aromatic nitrogens is 2. The lowest BCUT2D eigenvalue weighted by atomic mass is 10.3. The summed E-state index contributed by atoms with van der Waals surface area (Å²) in [7, 11) is 4.61. The molecule has 17 heavy (non-hydrogen) atoms. The summed E-state index contributed by atoms with van der Waals surface area (Å²) >= 11 is 0. The van der Waals surface area contributed by atoms with Crippen LogP contribution in [0.4, 0.5) is 0 Å². The number of methoxy groups -OCH3 is 1. The van der Waals surface area contributed by atoms with Gasteiger partial charge in [-0.05, 0) is 6.07 Å². The third-order valence-electron chi connectivity index (χ3n) is 2.16. The molecule has 0 saturated heterocycles. The summed E-state index contributed by atoms with van der Waals surface area (Å²) in [4.78, 5) is 23.9. The number of carbonyl (C=O) groups is 2. The highest BCUT2D eigenvalue weighted by Crippen LogP contribution is 2.08. The lowest BCUT2D eigenvalue weighted by molar-refractivity contribution is -0.142. The molecule has 1 heterocycles. The Morgan fingerprint density at radius 1 is 1.59 bits per heavy atom. The van der Waals surface area contributed by atoms with Gasteiger partial charge in [0, 0.05) is 27.4 Å². The van der Waals surface area contributed by atoms with Crippen molar-refractivity contribution < 1.29 is 19.4 Å². The number of hydrogen-bond donors (Lipinski definition) is 1. The van der Waals surface area contributed by atoms with Crippen LogP contribution in [0.3, 0.4) is 0 Å². The molecule has 0 bridgehead atoms. The predicted octanol–water partition coefficient (Wildman–Crippen LogP) is -0.143. The smallest absolute Gasteiger partial charge is 0.330 e. The van der Waals surface area contributed by atoms with Gasteiger partial charge < -0.3 is 14.7 Å². The topological polar surface area (TPSA) is 84.7 Å². The molecule has 1 unspecified atom stereocenters. The molecule has 1 aromatic rings. The lowest BCUT2D eigenvalue weighted by Crippen LogP contribution is -2.26. The van der Waals surface area contributed by atoms with Crippen LogP contribution in [0.25, 0.3) is 0 Å². The molecule has 0 fully saturated rings. The minimum Gasteiger partial charge on any atom is -0.480 e. The zero-order valence-corrected chi connectivity index (χ0v) is 9.95. The van der Waals surface area contributed by atoms with E-state index in [2.05, 4.69) is 5.10 Å². The number of hydrogen-bond acceptors (Lipinski definition) is 4. The molecular weight excluding hydrogens is 226 g/mol. The summed E-state index contributed by atoms with van der Waals surface area (Å²) in [5, 5.41) is 12.9. The van der Waals surface area contributed by atoms with Crippen LogP contribution in [0.1, 0.15) is 16.5 Å². The van der Waals surface area contributed by atoms with Crippen molar-refractivity contribution in [3.63, 3.8) is 0 Å². The summed E-state index contributed by atoms with van der Waals surface area (Å²) in [5.74, 6) is -1.33. The SMILES string of the molecule is COCC(C(=O)O)n1ccc(C(=O)N(C)C)n1. The fraction of sp³-hybridized carbons (Fsp3) is 0.500. The third kappa shape index (κ3) is 3.04. The Labute approximate surface area is 98.6 Å². The molecule has 1 amide bonds. The van der Waals surface area contributed by atoms with E-state index < -0.39 is 12.0 Å². The average Bonchev–Trinajstić information content (AvgIpc) is 2.73. The van der Waals surface area contributed by atoms with Gasteiger partial charge in [-0.3, -0.25) is 9.48 Å². The monoisotopic (exact) mass is 241 g/mol. The summed E-state index contributed by atoms with van der Waals surface area (Å²) in [5.41, 5.74) is 0.206. The number of rotatable bonds is 5. The summed E-state index contributed by atoms with van der Waals surface area (Å²) in [6.07, 6.45) is 1.45. The maximum Gasteiger partial charge on any atom is 0.330 e. The molecule has 0 aliphatic carbocycles. The van der Waals surface area contributed by atoms with E-state index in [1.54, 1.807) is 14.1 Å². The highest BCUT2D eigenvalue weighted by Gasteiger charge is 2.22. The maximum absolute atomic E-state index is 11.6. The van der Waals surface area contributed by atoms with Gasteiger partial charge in [0.25, 0.3) is 5.91 Å². The van der Waals surface area contributed by atoms with Crippen molar-refractivity contribution in [3.8, 4) is 0 Å². The van der Waals surface area contributed by atoms with Crippen LogP contribution in [0, 0.1) is 0 Å². The number of carboxylic acids is 1. The second kappa shape index (κ2) is 5.44. The minimum atomic E-state index is -1.06. The van der Waals surface area contributed by atoms with Gasteiger partial charge in [0.05, 0.1) is 6.61 Å². The summed E-state index contributed by atoms with van der Waals surface area (Å²) in [6.45, 7) is -0.00733. The lowest BCUT2D eigenvalue weighted by Gasteiger charge is -2.11. The van der Waals surface area contributed by atoms with Crippen LogP contribution in [0.15, 0.2) is 12.3 Å². The third-order valence-corrected chi connectivity index (χ3v) is 2.16. The molecule has 0 radical (unpaired) electrons. The van der Waals surface area contributed by atoms with E-state index in [9.17, 15) is 9.59 Å². The minimum absolute atomic E-state index is 0.00733. The fourth-order valence-corrected chi connectivity index (χ4v) is 1.27. The van der Waals surface area contributed by atoms with Crippen molar-refractivity contribution in [2.45, 2.75) is 6.04 Å². The van der Waals surface area contributed by atoms with Gasteiger partial charge in [0.2, 0.25) is 0 Å². The zero-order chi connectivity index (χ0) is 13.0. The van der Waals surface area contributed by atoms with Gasteiger partial charge in [-0.1, -0.05) is 0 Å². The summed E-state index contributed by atoms with van der Waals surface area (Å²) in [6, 6.07) is 0.553. The van der Waals surface area contributed by atoms with Gasteiger partial charge in [-0.25, -0.2) is 4.79 Å². The molecule has 1 N–H and O–H groups in total. The van der Waals surface area contributed by atoms with Gasteiger partial charge in [0.15, 0.2) is 6.04 Å². The van der Waals surface area contributed by atoms with Crippen molar-refractivity contribution in [2.24, 2.45) is 0 Å². The van der Waals surface area contributed by atoms with Crippen molar-refractivity contribution in [1.82, 2.24) is 14.7 Å². The van der Waals surface area contributed by atoms with E-state index in [0.717, 1.165) is 0 Å². The molecule has 1 atom stereocenters. The Bertz CT molecular complexity index is 413. The highest BCUT2D eigenvalue weighted by molar-refractivity contribution is 5.91. The Morgan fingerprint density at radius 3 is 2.71 bits per heavy atom. The molecule has 94 valence electrons. The number of carboxylic acid groups (broad SMARTS) is 1. The number of carbonyl (C=O) groups excluding carboxylic acids is 1. The van der Waals surface area contributed by atoms with Crippen LogP contribution in [-0.2, 0) is 9.53 Å². The first-order valence-electron chi connectivity index (χ1n) is 4.96. The quantitative estimate of drug-likeness (QED) is 0.775. The van der Waals surface area contributed by atoms with Gasteiger partial charge in [-0.15, -0.1) is 0 Å². The second-order valence-corrected chi connectivity index (χ2v) is 3.69. The van der Waals surface area contributed by atoms with Crippen LogP contribution in [0.2, 0.25) is 0 Å². The molecule has 1 aromatic heterocycles. The Balaban J connectivity index is 2.92. The Hall–Kier alpha value is -1.89. The molecule has 0 aliphatic rings. The maximum atomic E-state index is 11.6. The van der Waals surface area contributed by atoms with E-state index in [0.29, 0.717) is 0 Å². The first kappa shape index (κ1) is 13.2. The van der Waals surface area contributed by atoms with Crippen LogP contribution in [-0.4, -0.2) is 59.5 Å². The first-order valence-corrected chi connectivity index (χ1v) is 4.96. The van der Waals surface area contributed by atoms with Crippen LogP contribution < -0.4 is 0 Å². The molecule has 0 saturated carbocycles. The van der Waals surface area contributed by atoms with E-state index in [-0.39, 0.29) is 18.2 Å². The van der Waals surface area contributed by atoms with E-state index >= 15 is 0 Å². The van der Waals surface area contributed by atoms with Gasteiger partial charge in [0.1, 0.15) is 5.69 Å². The fourth-order valence-electron chi connectivity index (χ4n) is 1.27. The average molecular weight is 241 g/mol. The highest BCUT2D eigenvalue weighted by atomic mass is 16.5. The Kier molecular flexibility index (Phi) is 4.22. The molecule has 0 aromatic carbocycles. The molecule has 1 rings (SSSR count). The van der Waals surface area contributed by atoms with Gasteiger partial charge in [-0.2, -0.15) is 5.10 Å². The molecule has 0 spiro atoms. The van der Waals surface area contributed by atoms with E-state index in [1.165, 1.54) is 29.0 Å². The van der Waals surface area contributed by atoms with Crippen molar-refractivity contribution in [2.75, 3.05) is 27.8 Å². The van der Waals surface area contributed by atoms with Crippen molar-refractivity contribution >= 4 is 11.9 Å². The van der Waals surface area contributed by atoms with Crippen molar-refractivity contribution in [1.29, 1.82) is 0 Å². The first-order chi connectivity index (χ1) is 7.97. The van der Waals surface area contributed by atoms with E-state index in [1.807, 2.05) is 0 Å². The van der Waals surface area contributed by atoms with E-state index in [4.69, 9.17) is 9.84 Å². The van der Waals surface area contributed by atoms with Crippen LogP contribution in [0.5, 0.6) is 0 Å². The Morgan fingerprint density at radius 2 is 2.24 bits per heavy atom. The van der Waals surface area contributed by atoms with Crippen LogP contribution >= 0.6 is 0 Å². The molecule has 7 heteroatoms. The number of nitrogens with zero attached hydrogens (tertiary/aromatic N) is 3. The molecular formula is C10H15N3O4. The zero-order valence-electron chi connectivity index (χ0n) is 9.95. The standard InChI is InChI=1S/C10H15N3O4/c1-12(2)9(14)7-4-5-13(11-7)8(6-17-3)10(15)16/h4-5,8H,6H2,1-3H3,(H,15,16). The largest absolute Gasteiger partial charge is 0.480 e. The number of ether oxygens (including phenoxy) is 1.